The molecule has 0 saturated heterocycles. The van der Waals surface area contributed by atoms with Crippen LogP contribution in [0.1, 0.15) is 53.4 Å². The normalized spacial score (nSPS) is 14.7. The lowest BCUT2D eigenvalue weighted by Gasteiger charge is -2.02. The molecule has 0 heterocycles. The van der Waals surface area contributed by atoms with Crippen molar-refractivity contribution < 1.29 is 0 Å². The van der Waals surface area contributed by atoms with Gasteiger partial charge >= 0.3 is 0 Å². The summed E-state index contributed by atoms with van der Waals surface area (Å²) in [6, 6.07) is 0. The summed E-state index contributed by atoms with van der Waals surface area (Å²) in [5.41, 5.74) is 0. The van der Waals surface area contributed by atoms with Gasteiger partial charge in [-0.15, -0.1) is 0 Å². The molecule has 0 spiro atoms. The Bertz CT molecular complexity index is 131. The average Bonchev–Trinajstić information content (AvgIpc) is 2.02. The van der Waals surface area contributed by atoms with E-state index in [9.17, 15) is 0 Å². The summed E-state index contributed by atoms with van der Waals surface area (Å²) in [4.78, 5) is 0. The summed E-state index contributed by atoms with van der Waals surface area (Å²) in [7, 11) is 0. The van der Waals surface area contributed by atoms with Crippen LogP contribution in [0.15, 0.2) is 0 Å². The summed E-state index contributed by atoms with van der Waals surface area (Å²) >= 11 is 0. The van der Waals surface area contributed by atoms with Crippen LogP contribution in [0.3, 0.4) is 0 Å². The van der Waals surface area contributed by atoms with Crippen molar-refractivity contribution in [3.05, 3.63) is 0 Å². The second kappa shape index (κ2) is 7.22. The molecule has 2 unspecified atom stereocenters. The van der Waals surface area contributed by atoms with Crippen LogP contribution in [-0.2, 0) is 0 Å². The van der Waals surface area contributed by atoms with Crippen LogP contribution in [0.2, 0.25) is 0 Å². The predicted molar refractivity (Wildman–Crippen MR) is 55.9 cm³/mol. The summed E-state index contributed by atoms with van der Waals surface area (Å²) in [6.45, 7) is 8.87. The van der Waals surface area contributed by atoms with E-state index in [4.69, 9.17) is 0 Å². The summed E-state index contributed by atoms with van der Waals surface area (Å²) in [5.74, 6) is 7.82. The number of hydrogen-bond acceptors (Lipinski definition) is 0. The highest BCUT2D eigenvalue weighted by molar-refractivity contribution is 5.05. The van der Waals surface area contributed by atoms with E-state index in [-0.39, 0.29) is 0 Å². The van der Waals surface area contributed by atoms with Gasteiger partial charge in [-0.3, -0.25) is 0 Å². The van der Waals surface area contributed by atoms with Gasteiger partial charge in [0.1, 0.15) is 0 Å². The van der Waals surface area contributed by atoms with E-state index in [2.05, 4.69) is 39.5 Å². The lowest BCUT2D eigenvalue weighted by atomic mass is 10.0. The van der Waals surface area contributed by atoms with Gasteiger partial charge in [0, 0.05) is 11.8 Å². The zero-order chi connectivity index (χ0) is 9.40. The molecule has 0 rings (SSSR count). The van der Waals surface area contributed by atoms with Crippen LogP contribution >= 0.6 is 0 Å². The van der Waals surface area contributed by atoms with Gasteiger partial charge in [0.05, 0.1) is 0 Å². The molecule has 0 radical (unpaired) electrons. The number of hydrogen-bond donors (Lipinski definition) is 0. The van der Waals surface area contributed by atoms with E-state index >= 15 is 0 Å². The second-order valence-corrected chi connectivity index (χ2v) is 3.67. The van der Waals surface area contributed by atoms with Crippen molar-refractivity contribution in [3.8, 4) is 11.8 Å². The molecule has 0 aliphatic rings. The van der Waals surface area contributed by atoms with Crippen LogP contribution in [-0.4, -0.2) is 0 Å². The fourth-order valence-corrected chi connectivity index (χ4v) is 1.29. The third-order valence-corrected chi connectivity index (χ3v) is 2.02. The van der Waals surface area contributed by atoms with Crippen molar-refractivity contribution in [2.75, 3.05) is 0 Å². The first-order valence-corrected chi connectivity index (χ1v) is 5.21. The molecule has 0 aromatic rings. The van der Waals surface area contributed by atoms with Gasteiger partial charge in [-0.2, -0.15) is 0 Å². The third kappa shape index (κ3) is 6.28. The molecule has 0 aromatic heterocycles. The van der Waals surface area contributed by atoms with E-state index in [0.717, 1.165) is 0 Å². The minimum Gasteiger partial charge on any atom is -0.0999 e. The lowest BCUT2D eigenvalue weighted by molar-refractivity contribution is 0.634. The van der Waals surface area contributed by atoms with E-state index in [0.29, 0.717) is 11.8 Å². The molecular formula is C12H22. The zero-order valence-corrected chi connectivity index (χ0v) is 8.98. The van der Waals surface area contributed by atoms with Crippen LogP contribution in [0.5, 0.6) is 0 Å². The van der Waals surface area contributed by atoms with Gasteiger partial charge in [0.2, 0.25) is 0 Å². The molecule has 0 saturated carbocycles. The second-order valence-electron chi connectivity index (χ2n) is 3.67. The molecule has 0 fully saturated rings. The molecule has 12 heavy (non-hydrogen) atoms. The Balaban J connectivity index is 3.68. The Hall–Kier alpha value is -0.440. The summed E-state index contributed by atoms with van der Waals surface area (Å²) in [5, 5.41) is 0. The van der Waals surface area contributed by atoms with Crippen LogP contribution in [0.4, 0.5) is 0 Å². The average molecular weight is 166 g/mol. The third-order valence-electron chi connectivity index (χ3n) is 2.02. The topological polar surface area (TPSA) is 0 Å². The number of rotatable bonds is 4. The van der Waals surface area contributed by atoms with Crippen molar-refractivity contribution in [2.24, 2.45) is 11.8 Å². The van der Waals surface area contributed by atoms with Crippen LogP contribution in [0.25, 0.3) is 0 Å². The summed E-state index contributed by atoms with van der Waals surface area (Å²) in [6.07, 6.45) is 4.98. The highest BCUT2D eigenvalue weighted by atomic mass is 14.0. The zero-order valence-electron chi connectivity index (χ0n) is 8.98. The Labute approximate surface area is 77.8 Å². The van der Waals surface area contributed by atoms with Gasteiger partial charge < -0.3 is 0 Å². The van der Waals surface area contributed by atoms with Crippen molar-refractivity contribution in [2.45, 2.75) is 53.4 Å². The Morgan fingerprint density at radius 2 is 1.17 bits per heavy atom. The van der Waals surface area contributed by atoms with Gasteiger partial charge in [-0.1, -0.05) is 52.4 Å². The molecule has 0 amide bonds. The van der Waals surface area contributed by atoms with Crippen molar-refractivity contribution in [1.29, 1.82) is 0 Å². The van der Waals surface area contributed by atoms with Crippen molar-refractivity contribution >= 4 is 0 Å². The maximum atomic E-state index is 3.32. The highest BCUT2D eigenvalue weighted by Gasteiger charge is 1.96. The minimum absolute atomic E-state index is 0.592. The predicted octanol–water partition coefficient (Wildman–Crippen LogP) is 3.86. The summed E-state index contributed by atoms with van der Waals surface area (Å²) < 4.78 is 0. The lowest BCUT2D eigenvalue weighted by Crippen LogP contribution is -1.92. The molecule has 0 aliphatic carbocycles. The van der Waals surface area contributed by atoms with Gasteiger partial charge in [0.25, 0.3) is 0 Å². The minimum atomic E-state index is 0.592. The Morgan fingerprint density at radius 3 is 1.42 bits per heavy atom. The van der Waals surface area contributed by atoms with Gasteiger partial charge in [0.15, 0.2) is 0 Å². The first-order valence-electron chi connectivity index (χ1n) is 5.21. The molecule has 0 heteroatoms. The van der Waals surface area contributed by atoms with Gasteiger partial charge in [-0.05, 0) is 12.8 Å². The molecule has 0 aromatic carbocycles. The van der Waals surface area contributed by atoms with E-state index in [1.807, 2.05) is 0 Å². The molecule has 0 nitrogen and oxygen atoms in total. The standard InChI is InChI=1S/C12H22/c1-5-7-11(3)9-10-12(4)8-6-2/h11-12H,5-8H2,1-4H3. The Morgan fingerprint density at radius 1 is 0.833 bits per heavy atom. The first kappa shape index (κ1) is 11.6. The Kier molecular flexibility index (Phi) is 6.96. The van der Waals surface area contributed by atoms with Crippen LogP contribution < -0.4 is 0 Å². The largest absolute Gasteiger partial charge is 0.0999 e. The fraction of sp³-hybridized carbons (Fsp3) is 0.833. The SMILES string of the molecule is CCCC(C)C#CC(C)CCC. The maximum absolute atomic E-state index is 3.32. The molecule has 70 valence electrons. The molecule has 0 bridgehead atoms. The van der Waals surface area contributed by atoms with Crippen LogP contribution in [0, 0.1) is 23.7 Å². The smallest absolute Gasteiger partial charge is 0.0174 e. The molecular weight excluding hydrogens is 144 g/mol. The highest BCUT2D eigenvalue weighted by Crippen LogP contribution is 2.06. The first-order chi connectivity index (χ1) is 5.70. The molecule has 2 atom stereocenters. The quantitative estimate of drug-likeness (QED) is 0.556. The van der Waals surface area contributed by atoms with Crippen molar-refractivity contribution in [1.82, 2.24) is 0 Å². The van der Waals surface area contributed by atoms with E-state index in [1.54, 1.807) is 0 Å². The van der Waals surface area contributed by atoms with E-state index < -0.39 is 0 Å². The maximum Gasteiger partial charge on any atom is 0.0174 e. The van der Waals surface area contributed by atoms with E-state index in [1.165, 1.54) is 25.7 Å². The van der Waals surface area contributed by atoms with Crippen molar-refractivity contribution in [3.63, 3.8) is 0 Å². The monoisotopic (exact) mass is 166 g/mol. The fourth-order valence-electron chi connectivity index (χ4n) is 1.29. The molecule has 0 N–H and O–H groups in total. The van der Waals surface area contributed by atoms with Gasteiger partial charge in [-0.25, -0.2) is 0 Å². The molecule has 0 aliphatic heterocycles.